The van der Waals surface area contributed by atoms with Gasteiger partial charge in [-0.2, -0.15) is 0 Å². The zero-order valence-corrected chi connectivity index (χ0v) is 14.4. The van der Waals surface area contributed by atoms with Gasteiger partial charge in [-0.25, -0.2) is 14.4 Å². The van der Waals surface area contributed by atoms with Crippen LogP contribution in [0.15, 0.2) is 36.7 Å². The summed E-state index contributed by atoms with van der Waals surface area (Å²) in [7, 11) is 0. The van der Waals surface area contributed by atoms with Crippen LogP contribution >= 0.6 is 0 Å². The standard InChI is InChI=1S/C19H23FN4O/c1-14-3-2-10-24(13-14)18(25)16-11-22-19(23-12-16)21-9-8-15-4-6-17(20)7-5-15/h4-7,11-12,14H,2-3,8-10,13H2,1H3,(H,21,22,23). The number of likely N-dealkylation sites (tertiary alicyclic amines) is 1. The van der Waals surface area contributed by atoms with E-state index in [2.05, 4.69) is 22.2 Å². The van der Waals surface area contributed by atoms with Gasteiger partial charge in [0.25, 0.3) is 5.91 Å². The zero-order chi connectivity index (χ0) is 17.6. The Hall–Kier alpha value is -2.50. The Morgan fingerprint density at radius 2 is 2.00 bits per heavy atom. The number of amides is 1. The number of carbonyl (C=O) groups excluding carboxylic acids is 1. The van der Waals surface area contributed by atoms with Crippen LogP contribution in [0, 0.1) is 11.7 Å². The Labute approximate surface area is 147 Å². The average molecular weight is 342 g/mol. The molecule has 0 bridgehead atoms. The lowest BCUT2D eigenvalue weighted by Crippen LogP contribution is -2.39. The first-order valence-electron chi connectivity index (χ1n) is 8.71. The average Bonchev–Trinajstić information content (AvgIpc) is 2.63. The molecule has 1 unspecified atom stereocenters. The van der Waals surface area contributed by atoms with E-state index in [-0.39, 0.29) is 11.7 Å². The molecule has 1 atom stereocenters. The quantitative estimate of drug-likeness (QED) is 0.907. The van der Waals surface area contributed by atoms with E-state index in [4.69, 9.17) is 0 Å². The fourth-order valence-corrected chi connectivity index (χ4v) is 3.06. The number of nitrogens with zero attached hydrogens (tertiary/aromatic N) is 3. The van der Waals surface area contributed by atoms with Gasteiger partial charge in [-0.3, -0.25) is 4.79 Å². The van der Waals surface area contributed by atoms with E-state index >= 15 is 0 Å². The van der Waals surface area contributed by atoms with E-state index in [1.54, 1.807) is 24.5 Å². The molecule has 6 heteroatoms. The fraction of sp³-hybridized carbons (Fsp3) is 0.421. The van der Waals surface area contributed by atoms with Crippen LogP contribution < -0.4 is 5.32 Å². The molecular weight excluding hydrogens is 319 g/mol. The molecule has 132 valence electrons. The third-order valence-electron chi connectivity index (χ3n) is 4.45. The molecule has 0 aliphatic carbocycles. The van der Waals surface area contributed by atoms with Gasteiger partial charge >= 0.3 is 0 Å². The second kappa shape index (κ2) is 8.05. The number of hydrogen-bond acceptors (Lipinski definition) is 4. The monoisotopic (exact) mass is 342 g/mol. The van der Waals surface area contributed by atoms with Crippen molar-refractivity contribution >= 4 is 11.9 Å². The van der Waals surface area contributed by atoms with Crippen molar-refractivity contribution < 1.29 is 9.18 Å². The molecule has 1 aromatic carbocycles. The van der Waals surface area contributed by atoms with Crippen molar-refractivity contribution in [1.82, 2.24) is 14.9 Å². The summed E-state index contributed by atoms with van der Waals surface area (Å²) in [4.78, 5) is 22.8. The lowest BCUT2D eigenvalue weighted by Gasteiger charge is -2.30. The minimum absolute atomic E-state index is 0.00409. The van der Waals surface area contributed by atoms with Crippen molar-refractivity contribution in [3.63, 3.8) is 0 Å². The van der Waals surface area contributed by atoms with Crippen molar-refractivity contribution in [2.24, 2.45) is 5.92 Å². The fourth-order valence-electron chi connectivity index (χ4n) is 3.06. The number of rotatable bonds is 5. The third kappa shape index (κ3) is 4.75. The highest BCUT2D eigenvalue weighted by Gasteiger charge is 2.22. The molecule has 1 amide bonds. The number of piperidine rings is 1. The van der Waals surface area contributed by atoms with Gasteiger partial charge in [-0.15, -0.1) is 0 Å². The number of carbonyl (C=O) groups is 1. The predicted octanol–water partition coefficient (Wildman–Crippen LogP) is 3.14. The molecule has 0 spiro atoms. The second-order valence-corrected chi connectivity index (χ2v) is 6.60. The van der Waals surface area contributed by atoms with Crippen molar-refractivity contribution in [1.29, 1.82) is 0 Å². The lowest BCUT2D eigenvalue weighted by atomic mass is 10.00. The molecule has 0 saturated carbocycles. The third-order valence-corrected chi connectivity index (χ3v) is 4.45. The van der Waals surface area contributed by atoms with E-state index < -0.39 is 0 Å². The van der Waals surface area contributed by atoms with Crippen LogP contribution in [0.1, 0.15) is 35.7 Å². The number of anilines is 1. The number of halogens is 1. The zero-order valence-electron chi connectivity index (χ0n) is 14.4. The molecule has 0 radical (unpaired) electrons. The molecule has 25 heavy (non-hydrogen) atoms. The minimum atomic E-state index is -0.233. The van der Waals surface area contributed by atoms with Crippen LogP contribution in [-0.2, 0) is 6.42 Å². The Morgan fingerprint density at radius 3 is 2.68 bits per heavy atom. The van der Waals surface area contributed by atoms with Crippen molar-refractivity contribution in [2.75, 3.05) is 25.0 Å². The summed E-state index contributed by atoms with van der Waals surface area (Å²) in [6, 6.07) is 6.43. The number of benzene rings is 1. The maximum atomic E-state index is 12.9. The Morgan fingerprint density at radius 1 is 1.28 bits per heavy atom. The molecule has 1 saturated heterocycles. The van der Waals surface area contributed by atoms with Crippen molar-refractivity contribution in [3.05, 3.63) is 53.6 Å². The molecule has 1 aromatic heterocycles. The Balaban J connectivity index is 1.51. The summed E-state index contributed by atoms with van der Waals surface area (Å²) >= 11 is 0. The summed E-state index contributed by atoms with van der Waals surface area (Å²) < 4.78 is 12.9. The summed E-state index contributed by atoms with van der Waals surface area (Å²) in [6.45, 7) is 4.42. The summed E-state index contributed by atoms with van der Waals surface area (Å²) in [5.41, 5.74) is 1.57. The SMILES string of the molecule is CC1CCCN(C(=O)c2cnc(NCCc3ccc(F)cc3)nc2)C1. The van der Waals surface area contributed by atoms with Gasteiger partial charge in [0.2, 0.25) is 5.95 Å². The number of hydrogen-bond donors (Lipinski definition) is 1. The minimum Gasteiger partial charge on any atom is -0.354 e. The highest BCUT2D eigenvalue weighted by atomic mass is 19.1. The predicted molar refractivity (Wildman–Crippen MR) is 94.9 cm³/mol. The first-order chi connectivity index (χ1) is 12.1. The van der Waals surface area contributed by atoms with E-state index in [1.807, 2.05) is 4.90 Å². The van der Waals surface area contributed by atoms with Gasteiger partial charge in [-0.1, -0.05) is 19.1 Å². The highest BCUT2D eigenvalue weighted by Crippen LogP contribution is 2.17. The molecular formula is C19H23FN4O. The van der Waals surface area contributed by atoms with Crippen LogP contribution in [0.3, 0.4) is 0 Å². The smallest absolute Gasteiger partial charge is 0.257 e. The molecule has 1 fully saturated rings. The van der Waals surface area contributed by atoms with Crippen LogP contribution in [0.4, 0.5) is 10.3 Å². The van der Waals surface area contributed by atoms with E-state index in [0.29, 0.717) is 24.0 Å². The maximum absolute atomic E-state index is 12.9. The molecule has 2 aromatic rings. The summed E-state index contributed by atoms with van der Waals surface area (Å²) in [5.74, 6) is 0.810. The van der Waals surface area contributed by atoms with Gasteiger partial charge in [0.1, 0.15) is 5.82 Å². The topological polar surface area (TPSA) is 58.1 Å². The van der Waals surface area contributed by atoms with Gasteiger partial charge in [0, 0.05) is 32.0 Å². The Bertz CT molecular complexity index is 702. The molecule has 2 heterocycles. The Kier molecular flexibility index (Phi) is 5.58. The summed E-state index contributed by atoms with van der Waals surface area (Å²) in [6.07, 6.45) is 6.13. The maximum Gasteiger partial charge on any atom is 0.257 e. The van der Waals surface area contributed by atoms with Crippen LogP contribution in [0.25, 0.3) is 0 Å². The molecule has 3 rings (SSSR count). The largest absolute Gasteiger partial charge is 0.354 e. The van der Waals surface area contributed by atoms with Crippen LogP contribution in [0.2, 0.25) is 0 Å². The van der Waals surface area contributed by atoms with Gasteiger partial charge < -0.3 is 10.2 Å². The number of aromatic nitrogens is 2. The normalized spacial score (nSPS) is 17.4. The lowest BCUT2D eigenvalue weighted by molar-refractivity contribution is 0.0682. The van der Waals surface area contributed by atoms with E-state index in [1.165, 1.54) is 18.6 Å². The van der Waals surface area contributed by atoms with Crippen molar-refractivity contribution in [2.45, 2.75) is 26.2 Å². The van der Waals surface area contributed by atoms with Gasteiger partial charge in [0.15, 0.2) is 0 Å². The first kappa shape index (κ1) is 17.3. The summed E-state index contributed by atoms with van der Waals surface area (Å²) in [5, 5.41) is 3.12. The highest BCUT2D eigenvalue weighted by molar-refractivity contribution is 5.93. The molecule has 1 N–H and O–H groups in total. The first-order valence-corrected chi connectivity index (χ1v) is 8.71. The molecule has 1 aliphatic rings. The van der Waals surface area contributed by atoms with Crippen LogP contribution in [0.5, 0.6) is 0 Å². The number of nitrogens with one attached hydrogen (secondary N) is 1. The second-order valence-electron chi connectivity index (χ2n) is 6.60. The van der Waals surface area contributed by atoms with Crippen molar-refractivity contribution in [3.8, 4) is 0 Å². The van der Waals surface area contributed by atoms with Gasteiger partial charge in [-0.05, 0) is 42.9 Å². The van der Waals surface area contributed by atoms with E-state index in [0.717, 1.165) is 31.5 Å². The van der Waals surface area contributed by atoms with Gasteiger partial charge in [0.05, 0.1) is 5.56 Å². The van der Waals surface area contributed by atoms with E-state index in [9.17, 15) is 9.18 Å². The molecule has 1 aliphatic heterocycles. The van der Waals surface area contributed by atoms with Crippen LogP contribution in [-0.4, -0.2) is 40.4 Å². The molecule has 5 nitrogen and oxygen atoms in total.